The van der Waals surface area contributed by atoms with E-state index in [1.165, 1.54) is 25.7 Å². The molecule has 0 unspecified atom stereocenters. The molecular formula is C34H34N4O10. The lowest BCUT2D eigenvalue weighted by Gasteiger charge is -2.11. The number of aliphatic carboxylic acids is 2. The standard InChI is InChI=1S/2C16H16N2O3.C2H2O4/c2*19-15-13-7-1-2-8-14(13)16(20)18(15)21-12-6-5-11-17-9-3-4-10-17;3-1(4)2(5)6/h2*1-2,7-8H,3-4,9-12H2;(H,3,4)(H,5,6). The maximum Gasteiger partial charge on any atom is 0.414 e. The second-order valence-electron chi connectivity index (χ2n) is 10.7. The number of hydrogen-bond acceptors (Lipinski definition) is 10. The molecule has 4 amide bonds. The number of hydroxylamine groups is 4. The van der Waals surface area contributed by atoms with Crippen molar-refractivity contribution < 1.29 is 48.7 Å². The number of carbonyl (C=O) groups is 6. The molecule has 2 saturated heterocycles. The average molecular weight is 659 g/mol. The van der Waals surface area contributed by atoms with Gasteiger partial charge in [0, 0.05) is 0 Å². The lowest BCUT2D eigenvalue weighted by atomic mass is 10.1. The van der Waals surface area contributed by atoms with Crippen molar-refractivity contribution in [2.45, 2.75) is 25.7 Å². The molecule has 0 atom stereocenters. The van der Waals surface area contributed by atoms with Gasteiger partial charge in [-0.1, -0.05) is 47.9 Å². The summed E-state index contributed by atoms with van der Waals surface area (Å²) in [7, 11) is 0. The van der Waals surface area contributed by atoms with Crippen LogP contribution < -0.4 is 0 Å². The third-order valence-electron chi connectivity index (χ3n) is 7.48. The minimum atomic E-state index is -1.82. The molecule has 0 aromatic heterocycles. The first-order valence-electron chi connectivity index (χ1n) is 15.2. The summed E-state index contributed by atoms with van der Waals surface area (Å²) in [6, 6.07) is 13.4. The smallest absolute Gasteiger partial charge is 0.414 e. The number of likely N-dealkylation sites (tertiary alicyclic amines) is 2. The zero-order valence-corrected chi connectivity index (χ0v) is 26.1. The van der Waals surface area contributed by atoms with Crippen LogP contribution >= 0.6 is 0 Å². The van der Waals surface area contributed by atoms with Crippen molar-refractivity contribution in [3.05, 3.63) is 70.8 Å². The highest BCUT2D eigenvalue weighted by Crippen LogP contribution is 2.23. The second kappa shape index (κ2) is 17.5. The summed E-state index contributed by atoms with van der Waals surface area (Å²) in [5.74, 6) is 6.38. The number of hydrogen-bond donors (Lipinski definition) is 2. The van der Waals surface area contributed by atoms with Crippen LogP contribution in [-0.2, 0) is 19.3 Å². The van der Waals surface area contributed by atoms with Gasteiger partial charge in [-0.25, -0.2) is 19.3 Å². The Hall–Kier alpha value is -5.38. The van der Waals surface area contributed by atoms with Crippen molar-refractivity contribution in [2.75, 3.05) is 52.5 Å². The molecule has 6 rings (SSSR count). The molecule has 0 saturated carbocycles. The Bertz CT molecular complexity index is 1480. The molecule has 4 aliphatic rings. The number of nitrogens with zero attached hydrogens (tertiary/aromatic N) is 4. The lowest BCUT2D eigenvalue weighted by Crippen LogP contribution is -2.30. The van der Waals surface area contributed by atoms with Crippen molar-refractivity contribution in [1.29, 1.82) is 0 Å². The molecule has 0 radical (unpaired) electrons. The Morgan fingerprint density at radius 3 is 1.10 bits per heavy atom. The van der Waals surface area contributed by atoms with Gasteiger partial charge in [0.05, 0.1) is 35.3 Å². The number of rotatable bonds is 6. The van der Waals surface area contributed by atoms with Crippen LogP contribution in [0.15, 0.2) is 48.5 Å². The van der Waals surface area contributed by atoms with Gasteiger partial charge in [-0.15, -0.1) is 10.1 Å². The highest BCUT2D eigenvalue weighted by molar-refractivity contribution is 6.27. The van der Waals surface area contributed by atoms with E-state index in [1.807, 2.05) is 0 Å². The number of carboxylic acids is 2. The Kier molecular flexibility index (Phi) is 12.9. The van der Waals surface area contributed by atoms with Gasteiger partial charge in [0.15, 0.2) is 0 Å². The van der Waals surface area contributed by atoms with E-state index in [-0.39, 0.29) is 13.2 Å². The van der Waals surface area contributed by atoms with E-state index in [4.69, 9.17) is 29.5 Å². The van der Waals surface area contributed by atoms with Gasteiger partial charge in [-0.3, -0.25) is 29.0 Å². The first kappa shape index (κ1) is 35.5. The predicted molar refractivity (Wildman–Crippen MR) is 168 cm³/mol. The SMILES string of the molecule is O=C(O)C(=O)O.O=C1c2ccccc2C(=O)N1OCC#CCN1CCCC1.O=C1c2ccccc2C(=O)N1OCC#CCN1CCCC1. The van der Waals surface area contributed by atoms with Gasteiger partial charge in [-0.2, -0.15) is 0 Å². The number of imide groups is 2. The van der Waals surface area contributed by atoms with E-state index in [9.17, 15) is 19.2 Å². The summed E-state index contributed by atoms with van der Waals surface area (Å²) in [5, 5.41) is 16.4. The van der Waals surface area contributed by atoms with Crippen molar-refractivity contribution >= 4 is 35.6 Å². The molecule has 4 aliphatic heterocycles. The third-order valence-corrected chi connectivity index (χ3v) is 7.48. The molecule has 14 nitrogen and oxygen atoms in total. The summed E-state index contributed by atoms with van der Waals surface area (Å²) < 4.78 is 0. The van der Waals surface area contributed by atoms with E-state index in [2.05, 4.69) is 33.5 Å². The topological polar surface area (TPSA) is 174 Å². The molecule has 14 heteroatoms. The van der Waals surface area contributed by atoms with Crippen LogP contribution in [0.5, 0.6) is 0 Å². The lowest BCUT2D eigenvalue weighted by molar-refractivity contribution is -0.159. The molecule has 2 aromatic carbocycles. The maximum atomic E-state index is 12.0. The monoisotopic (exact) mass is 658 g/mol. The van der Waals surface area contributed by atoms with E-state index in [0.717, 1.165) is 36.3 Å². The summed E-state index contributed by atoms with van der Waals surface area (Å²) in [4.78, 5) is 81.2. The Morgan fingerprint density at radius 2 is 0.833 bits per heavy atom. The van der Waals surface area contributed by atoms with E-state index in [0.29, 0.717) is 35.3 Å². The first-order valence-corrected chi connectivity index (χ1v) is 15.2. The fraction of sp³-hybridized carbons (Fsp3) is 0.353. The largest absolute Gasteiger partial charge is 0.473 e. The number of fused-ring (bicyclic) bond motifs is 2. The molecule has 0 bridgehead atoms. The number of carbonyl (C=O) groups excluding carboxylic acids is 4. The minimum absolute atomic E-state index is 0.0410. The van der Waals surface area contributed by atoms with Crippen LogP contribution in [0.1, 0.15) is 67.1 Å². The van der Waals surface area contributed by atoms with E-state index >= 15 is 0 Å². The molecule has 0 aliphatic carbocycles. The predicted octanol–water partition coefficient (Wildman–Crippen LogP) is 1.78. The quantitative estimate of drug-likeness (QED) is 0.262. The zero-order chi connectivity index (χ0) is 34.5. The van der Waals surface area contributed by atoms with Crippen LogP contribution in [0.2, 0.25) is 0 Å². The molecule has 250 valence electrons. The van der Waals surface area contributed by atoms with Gasteiger partial charge in [0.2, 0.25) is 0 Å². The van der Waals surface area contributed by atoms with Crippen LogP contribution in [0.3, 0.4) is 0 Å². The normalized spacial score (nSPS) is 16.5. The average Bonchev–Trinajstić information content (AvgIpc) is 3.89. The number of carboxylic acid groups (broad SMARTS) is 2. The van der Waals surface area contributed by atoms with Gasteiger partial charge in [-0.05, 0) is 76.1 Å². The molecule has 4 heterocycles. The Balaban J connectivity index is 0.000000186. The molecule has 2 N–H and O–H groups in total. The van der Waals surface area contributed by atoms with E-state index in [1.54, 1.807) is 48.5 Å². The second-order valence-corrected chi connectivity index (χ2v) is 10.7. The summed E-state index contributed by atoms with van der Waals surface area (Å²) in [6.45, 7) is 5.87. The fourth-order valence-corrected chi connectivity index (χ4v) is 5.08. The molecule has 0 spiro atoms. The fourth-order valence-electron chi connectivity index (χ4n) is 5.08. The van der Waals surface area contributed by atoms with Crippen LogP contribution in [0.25, 0.3) is 0 Å². The number of benzene rings is 2. The van der Waals surface area contributed by atoms with Gasteiger partial charge >= 0.3 is 11.9 Å². The van der Waals surface area contributed by atoms with Gasteiger partial charge in [0.1, 0.15) is 13.2 Å². The number of amides is 4. The van der Waals surface area contributed by atoms with Crippen LogP contribution in [0, 0.1) is 23.7 Å². The van der Waals surface area contributed by atoms with Crippen molar-refractivity contribution in [3.63, 3.8) is 0 Å². The molecule has 48 heavy (non-hydrogen) atoms. The summed E-state index contributed by atoms with van der Waals surface area (Å²) in [5.41, 5.74) is 1.53. The molecule has 2 aromatic rings. The minimum Gasteiger partial charge on any atom is -0.473 e. The summed E-state index contributed by atoms with van der Waals surface area (Å²) >= 11 is 0. The van der Waals surface area contributed by atoms with Crippen LogP contribution in [0.4, 0.5) is 0 Å². The zero-order valence-electron chi connectivity index (χ0n) is 26.1. The highest BCUT2D eigenvalue weighted by atomic mass is 16.7. The van der Waals surface area contributed by atoms with Crippen molar-refractivity contribution in [1.82, 2.24) is 19.9 Å². The van der Waals surface area contributed by atoms with Gasteiger partial charge in [0.25, 0.3) is 23.6 Å². The van der Waals surface area contributed by atoms with Crippen LogP contribution in [-0.4, -0.2) is 118 Å². The Labute approximate surface area is 276 Å². The Morgan fingerprint density at radius 1 is 0.542 bits per heavy atom. The van der Waals surface area contributed by atoms with Crippen molar-refractivity contribution in [3.8, 4) is 23.7 Å². The van der Waals surface area contributed by atoms with Crippen molar-refractivity contribution in [2.24, 2.45) is 0 Å². The maximum absolute atomic E-state index is 12.0. The third kappa shape index (κ3) is 9.34. The highest BCUT2D eigenvalue weighted by Gasteiger charge is 2.37. The summed E-state index contributed by atoms with van der Waals surface area (Å²) in [6.07, 6.45) is 4.92. The molecule has 2 fully saturated rings. The van der Waals surface area contributed by atoms with Gasteiger partial charge < -0.3 is 10.2 Å². The molecular weight excluding hydrogens is 624 g/mol. The first-order chi connectivity index (χ1) is 23.2. The van der Waals surface area contributed by atoms with E-state index < -0.39 is 35.6 Å².